The fourth-order valence-corrected chi connectivity index (χ4v) is 6.92. The van der Waals surface area contributed by atoms with Crippen molar-refractivity contribution in [2.45, 2.75) is 130 Å². The van der Waals surface area contributed by atoms with Crippen LogP contribution in [0.5, 0.6) is 0 Å². The number of benzene rings is 1. The van der Waals surface area contributed by atoms with Gasteiger partial charge in [-0.25, -0.2) is 9.59 Å². The summed E-state index contributed by atoms with van der Waals surface area (Å²) in [6, 6.07) is 5.07. The van der Waals surface area contributed by atoms with Gasteiger partial charge >= 0.3 is 11.9 Å². The summed E-state index contributed by atoms with van der Waals surface area (Å²) in [6.45, 7) is 16.6. The van der Waals surface area contributed by atoms with Gasteiger partial charge in [0.2, 0.25) is 17.7 Å². The Balaban J connectivity index is 2.14. The Hall–Kier alpha value is -4.22. The van der Waals surface area contributed by atoms with Gasteiger partial charge in [0.1, 0.15) is 30.3 Å². The molecule has 2 aliphatic heterocycles. The highest BCUT2D eigenvalue weighted by Crippen LogP contribution is 2.25. The van der Waals surface area contributed by atoms with Crippen molar-refractivity contribution in [3.05, 3.63) is 48.6 Å². The number of esters is 2. The summed E-state index contributed by atoms with van der Waals surface area (Å²) < 4.78 is 12.1. The number of likely N-dealkylation sites (N-methyl/N-ethyl adjacent to an activating group) is 1. The van der Waals surface area contributed by atoms with Crippen molar-refractivity contribution in [1.82, 2.24) is 20.4 Å². The number of unbranched alkanes of at least 4 members (excludes halogenated alkanes) is 1. The van der Waals surface area contributed by atoms with Crippen LogP contribution >= 0.6 is 0 Å². The van der Waals surface area contributed by atoms with Crippen molar-refractivity contribution in [2.75, 3.05) is 13.6 Å². The summed E-state index contributed by atoms with van der Waals surface area (Å²) >= 11 is 0. The second-order valence-electron chi connectivity index (χ2n) is 15.0. The van der Waals surface area contributed by atoms with E-state index in [4.69, 9.17) is 9.47 Å². The molecule has 2 fully saturated rings. The van der Waals surface area contributed by atoms with Crippen LogP contribution in [0.3, 0.4) is 0 Å². The highest BCUT2D eigenvalue weighted by Gasteiger charge is 2.44. The van der Waals surface area contributed by atoms with Crippen LogP contribution < -0.4 is 10.6 Å². The number of carbonyl (C=O) groups is 6. The average Bonchev–Trinajstić information content (AvgIpc) is 3.61. The normalized spacial score (nSPS) is 27.9. The molecule has 2 saturated heterocycles. The molecule has 3 rings (SSSR count). The second-order valence-corrected chi connectivity index (χ2v) is 15.0. The number of fused-ring (bicyclic) bond motifs is 1. The van der Waals surface area contributed by atoms with Crippen LogP contribution in [0.15, 0.2) is 43.0 Å². The number of cyclic esters (lactones) is 2. The fourth-order valence-electron chi connectivity index (χ4n) is 6.92. The minimum atomic E-state index is -1.29. The lowest BCUT2D eigenvalue weighted by Gasteiger charge is -2.35. The molecule has 2 aliphatic rings. The standard InChI is InChI=1S/C40H60N4O8/c1-10-12-14-21-30-27(8)35(45)41-32(24(3)4)38(48)43(9)34(25(5)6)40(50)52-31(23-28-18-15-13-16-19-28)37(47)44-22-17-20-29(44)36(46)42-33(26(7)11-2)39(49)51-30/h10,13,15-16,18-19,24-27,29-34H,1,11-12,14,17,20-23H2,2-9H3,(H,41,45)(H,42,46)/t26-,27-,29-,30+,31-,32-,33-,34-/m0/s1. The molecule has 0 radical (unpaired) electrons. The van der Waals surface area contributed by atoms with E-state index in [-0.39, 0.29) is 24.8 Å². The lowest BCUT2D eigenvalue weighted by atomic mass is 9.94. The third kappa shape index (κ3) is 10.7. The SMILES string of the molecule is C=CCCC[C@H]1OC(=O)[C@H]([C@@H](C)CC)NC(=O)[C@@H]2CCCN2C(=O)[C@H](Cc2ccccc2)OC(=O)[C@H](C(C)C)N(C)C(=O)[C@H](C(C)C)NC(=O)[C@H]1C. The molecular formula is C40H60N4O8. The van der Waals surface area contributed by atoms with Gasteiger partial charge in [-0.1, -0.05) is 91.3 Å². The Morgan fingerprint density at radius 2 is 1.54 bits per heavy atom. The Kier molecular flexibility index (Phi) is 15.9. The summed E-state index contributed by atoms with van der Waals surface area (Å²) in [4.78, 5) is 87.0. The lowest BCUT2D eigenvalue weighted by molar-refractivity contribution is -0.168. The smallest absolute Gasteiger partial charge is 0.329 e. The number of rotatable bonds is 10. The van der Waals surface area contributed by atoms with E-state index >= 15 is 0 Å². The predicted molar refractivity (Wildman–Crippen MR) is 197 cm³/mol. The van der Waals surface area contributed by atoms with Crippen LogP contribution in [0, 0.1) is 23.7 Å². The molecule has 52 heavy (non-hydrogen) atoms. The van der Waals surface area contributed by atoms with E-state index in [1.165, 1.54) is 16.8 Å². The predicted octanol–water partition coefficient (Wildman–Crippen LogP) is 4.20. The van der Waals surface area contributed by atoms with Gasteiger partial charge in [0, 0.05) is 20.0 Å². The summed E-state index contributed by atoms with van der Waals surface area (Å²) in [5.74, 6) is -5.42. The largest absolute Gasteiger partial charge is 0.460 e. The third-order valence-electron chi connectivity index (χ3n) is 10.4. The molecule has 0 aromatic heterocycles. The highest BCUT2D eigenvalue weighted by molar-refractivity contribution is 5.95. The summed E-state index contributed by atoms with van der Waals surface area (Å²) in [7, 11) is 1.49. The summed E-state index contributed by atoms with van der Waals surface area (Å²) in [5, 5.41) is 5.76. The quantitative estimate of drug-likeness (QED) is 0.207. The molecule has 8 atom stereocenters. The molecule has 12 nitrogen and oxygen atoms in total. The number of ether oxygens (including phenoxy) is 2. The van der Waals surface area contributed by atoms with Gasteiger partial charge < -0.3 is 29.9 Å². The number of amides is 4. The number of hydrogen-bond acceptors (Lipinski definition) is 8. The monoisotopic (exact) mass is 724 g/mol. The maximum absolute atomic E-state index is 14.3. The number of nitrogens with zero attached hydrogens (tertiary/aromatic N) is 2. The zero-order valence-corrected chi connectivity index (χ0v) is 32.3. The van der Waals surface area contributed by atoms with E-state index in [0.717, 1.165) is 5.56 Å². The van der Waals surface area contributed by atoms with Crippen LogP contribution in [0.25, 0.3) is 0 Å². The minimum absolute atomic E-state index is 0.0519. The van der Waals surface area contributed by atoms with Gasteiger partial charge in [-0.15, -0.1) is 6.58 Å². The van der Waals surface area contributed by atoms with Gasteiger partial charge in [-0.2, -0.15) is 0 Å². The van der Waals surface area contributed by atoms with E-state index in [1.54, 1.807) is 40.7 Å². The maximum Gasteiger partial charge on any atom is 0.329 e. The Morgan fingerprint density at radius 1 is 0.885 bits per heavy atom. The van der Waals surface area contributed by atoms with E-state index in [9.17, 15) is 28.8 Å². The molecule has 0 bridgehead atoms. The van der Waals surface area contributed by atoms with Crippen LogP contribution in [-0.2, 0) is 44.7 Å². The molecule has 4 amide bonds. The van der Waals surface area contributed by atoms with Crippen molar-refractivity contribution in [3.8, 4) is 0 Å². The van der Waals surface area contributed by atoms with Gasteiger partial charge in [-0.3, -0.25) is 19.2 Å². The number of nitrogens with one attached hydrogen (secondary N) is 2. The number of hydrogen-bond donors (Lipinski definition) is 2. The molecule has 1 aromatic carbocycles. The van der Waals surface area contributed by atoms with E-state index < -0.39 is 83.8 Å². The second kappa shape index (κ2) is 19.6. The Labute approximate surface area is 309 Å². The lowest BCUT2D eigenvalue weighted by Crippen LogP contribution is -2.57. The van der Waals surface area contributed by atoms with Gasteiger partial charge in [0.25, 0.3) is 5.91 Å². The zero-order valence-electron chi connectivity index (χ0n) is 32.3. The van der Waals surface area contributed by atoms with Crippen molar-refractivity contribution >= 4 is 35.6 Å². The van der Waals surface area contributed by atoms with Crippen molar-refractivity contribution in [1.29, 1.82) is 0 Å². The summed E-state index contributed by atoms with van der Waals surface area (Å²) in [6.07, 6.45) is 2.66. The van der Waals surface area contributed by atoms with Crippen LogP contribution in [-0.4, -0.2) is 95.3 Å². The maximum atomic E-state index is 14.3. The Bertz CT molecular complexity index is 1420. The van der Waals surface area contributed by atoms with Crippen LogP contribution in [0.1, 0.15) is 92.6 Å². The molecule has 12 heteroatoms. The van der Waals surface area contributed by atoms with Crippen LogP contribution in [0.4, 0.5) is 0 Å². The summed E-state index contributed by atoms with van der Waals surface area (Å²) in [5.41, 5.74) is 0.747. The molecular weight excluding hydrogens is 664 g/mol. The van der Waals surface area contributed by atoms with E-state index in [2.05, 4.69) is 17.2 Å². The molecule has 0 spiro atoms. The number of allylic oxidation sites excluding steroid dienone is 1. The first-order chi connectivity index (χ1) is 24.6. The van der Waals surface area contributed by atoms with E-state index in [1.807, 2.05) is 44.2 Å². The first kappa shape index (κ1) is 42.2. The molecule has 1 aromatic rings. The van der Waals surface area contributed by atoms with Gasteiger partial charge in [-0.05, 0) is 55.4 Å². The third-order valence-corrected chi connectivity index (χ3v) is 10.4. The molecule has 0 aliphatic carbocycles. The minimum Gasteiger partial charge on any atom is -0.460 e. The molecule has 2 N–H and O–H groups in total. The molecule has 0 saturated carbocycles. The first-order valence-electron chi connectivity index (χ1n) is 18.9. The van der Waals surface area contributed by atoms with E-state index in [0.29, 0.717) is 38.5 Å². The fraction of sp³-hybridized carbons (Fsp3) is 0.650. The highest BCUT2D eigenvalue weighted by atomic mass is 16.6. The Morgan fingerprint density at radius 3 is 2.13 bits per heavy atom. The average molecular weight is 725 g/mol. The van der Waals surface area contributed by atoms with Gasteiger partial charge in [0.15, 0.2) is 6.10 Å². The zero-order chi connectivity index (χ0) is 38.7. The van der Waals surface area contributed by atoms with Gasteiger partial charge in [0.05, 0.1) is 5.92 Å². The van der Waals surface area contributed by atoms with Crippen molar-refractivity contribution in [3.63, 3.8) is 0 Å². The number of carbonyl (C=O) groups excluding carboxylic acids is 6. The topological polar surface area (TPSA) is 151 Å². The molecule has 0 unspecified atom stereocenters. The molecule has 2 heterocycles. The first-order valence-corrected chi connectivity index (χ1v) is 18.9. The van der Waals surface area contributed by atoms with Crippen LogP contribution in [0.2, 0.25) is 0 Å². The van der Waals surface area contributed by atoms with Crippen molar-refractivity contribution in [2.24, 2.45) is 23.7 Å². The van der Waals surface area contributed by atoms with Crippen molar-refractivity contribution < 1.29 is 38.2 Å². The molecule has 288 valence electrons.